The molecule has 6 heteroatoms. The zero-order valence-electron chi connectivity index (χ0n) is 17.4. The van der Waals surface area contributed by atoms with Crippen LogP contribution >= 0.6 is 0 Å². The van der Waals surface area contributed by atoms with Gasteiger partial charge in [-0.2, -0.15) is 5.26 Å². The van der Waals surface area contributed by atoms with Gasteiger partial charge in [-0.3, -0.25) is 4.79 Å². The van der Waals surface area contributed by atoms with Gasteiger partial charge < -0.3 is 19.5 Å². The molecule has 30 heavy (non-hydrogen) atoms. The SMILES string of the molecule is CN1CCN(C2=CCC(C)(NC(=O)c3ccc(C#N)o3)C(c3ccccc3)=C2)CC1. The Morgan fingerprint density at radius 2 is 1.87 bits per heavy atom. The van der Waals surface area contributed by atoms with Gasteiger partial charge in [0.1, 0.15) is 6.07 Å². The molecule has 1 aromatic carbocycles. The monoisotopic (exact) mass is 402 g/mol. The van der Waals surface area contributed by atoms with E-state index in [2.05, 4.69) is 46.4 Å². The van der Waals surface area contributed by atoms with Crippen LogP contribution in [-0.2, 0) is 0 Å². The van der Waals surface area contributed by atoms with Crippen LogP contribution in [0.15, 0.2) is 64.7 Å². The van der Waals surface area contributed by atoms with E-state index in [4.69, 9.17) is 9.68 Å². The lowest BCUT2D eigenvalue weighted by atomic mass is 9.79. The van der Waals surface area contributed by atoms with E-state index in [0.29, 0.717) is 6.42 Å². The maximum atomic E-state index is 12.9. The van der Waals surface area contributed by atoms with E-state index in [1.807, 2.05) is 31.2 Å². The van der Waals surface area contributed by atoms with E-state index in [9.17, 15) is 4.79 Å². The molecule has 1 unspecified atom stereocenters. The molecule has 1 amide bonds. The predicted molar refractivity (Wildman–Crippen MR) is 115 cm³/mol. The Balaban J connectivity index is 1.63. The molecule has 2 heterocycles. The van der Waals surface area contributed by atoms with Crippen molar-refractivity contribution in [1.29, 1.82) is 5.26 Å². The number of allylic oxidation sites excluding steroid dienone is 1. The Hall–Kier alpha value is -3.30. The number of likely N-dealkylation sites (N-methyl/N-ethyl adjacent to an activating group) is 1. The van der Waals surface area contributed by atoms with E-state index in [1.54, 1.807) is 0 Å². The molecule has 0 spiro atoms. The van der Waals surface area contributed by atoms with Crippen molar-refractivity contribution in [3.05, 3.63) is 77.4 Å². The van der Waals surface area contributed by atoms with Gasteiger partial charge in [-0.05, 0) is 49.7 Å². The maximum Gasteiger partial charge on any atom is 0.287 e. The number of hydrogen-bond donors (Lipinski definition) is 1. The van der Waals surface area contributed by atoms with Crippen molar-refractivity contribution < 1.29 is 9.21 Å². The largest absolute Gasteiger partial charge is 0.440 e. The number of rotatable bonds is 4. The lowest BCUT2D eigenvalue weighted by Crippen LogP contribution is -2.49. The number of carbonyl (C=O) groups excluding carboxylic acids is 1. The van der Waals surface area contributed by atoms with Gasteiger partial charge in [0.05, 0.1) is 5.54 Å². The van der Waals surface area contributed by atoms with Crippen LogP contribution in [0, 0.1) is 11.3 Å². The molecule has 0 radical (unpaired) electrons. The van der Waals surface area contributed by atoms with Crippen LogP contribution < -0.4 is 5.32 Å². The quantitative estimate of drug-likeness (QED) is 0.850. The maximum absolute atomic E-state index is 12.9. The topological polar surface area (TPSA) is 72.5 Å². The van der Waals surface area contributed by atoms with Gasteiger partial charge >= 0.3 is 0 Å². The van der Waals surface area contributed by atoms with Crippen molar-refractivity contribution in [3.63, 3.8) is 0 Å². The highest BCUT2D eigenvalue weighted by Crippen LogP contribution is 2.36. The first-order valence-corrected chi connectivity index (χ1v) is 10.2. The molecule has 2 aromatic rings. The second-order valence-electron chi connectivity index (χ2n) is 8.11. The van der Waals surface area contributed by atoms with Crippen molar-refractivity contribution in [2.24, 2.45) is 0 Å². The molecule has 154 valence electrons. The molecule has 0 bridgehead atoms. The third-order valence-corrected chi connectivity index (χ3v) is 5.89. The summed E-state index contributed by atoms with van der Waals surface area (Å²) in [6.45, 7) is 6.11. The summed E-state index contributed by atoms with van der Waals surface area (Å²) in [5, 5.41) is 12.1. The number of piperazine rings is 1. The molecular formula is C24H26N4O2. The molecular weight excluding hydrogens is 376 g/mol. The minimum atomic E-state index is -0.589. The van der Waals surface area contributed by atoms with Crippen molar-refractivity contribution in [1.82, 2.24) is 15.1 Å². The zero-order valence-corrected chi connectivity index (χ0v) is 17.4. The van der Waals surface area contributed by atoms with Crippen LogP contribution in [0.25, 0.3) is 5.57 Å². The van der Waals surface area contributed by atoms with Crippen LogP contribution in [0.1, 0.15) is 35.2 Å². The number of carbonyl (C=O) groups is 1. The lowest BCUT2D eigenvalue weighted by molar-refractivity contribution is 0.0896. The van der Waals surface area contributed by atoms with Crippen molar-refractivity contribution in [2.45, 2.75) is 18.9 Å². The number of amides is 1. The van der Waals surface area contributed by atoms with Gasteiger partial charge in [0.15, 0.2) is 5.76 Å². The van der Waals surface area contributed by atoms with Gasteiger partial charge in [-0.25, -0.2) is 0 Å². The Kier molecular flexibility index (Phi) is 5.47. The summed E-state index contributed by atoms with van der Waals surface area (Å²) in [5.41, 5.74) is 2.77. The number of furan rings is 1. The first kappa shape index (κ1) is 20.0. The summed E-state index contributed by atoms with van der Waals surface area (Å²) >= 11 is 0. The Morgan fingerprint density at radius 3 is 2.53 bits per heavy atom. The summed E-state index contributed by atoms with van der Waals surface area (Å²) in [5.74, 6) is -0.0451. The molecule has 1 aromatic heterocycles. The van der Waals surface area contributed by atoms with Crippen molar-refractivity contribution in [2.75, 3.05) is 33.2 Å². The van der Waals surface area contributed by atoms with E-state index in [0.717, 1.165) is 37.3 Å². The third kappa shape index (κ3) is 4.03. The molecule has 6 nitrogen and oxygen atoms in total. The van der Waals surface area contributed by atoms with E-state index in [-0.39, 0.29) is 17.4 Å². The summed E-state index contributed by atoms with van der Waals surface area (Å²) in [6, 6.07) is 15.1. The van der Waals surface area contributed by atoms with Crippen LogP contribution in [-0.4, -0.2) is 54.5 Å². The van der Waals surface area contributed by atoms with E-state index >= 15 is 0 Å². The molecule has 1 N–H and O–H groups in total. The van der Waals surface area contributed by atoms with E-state index in [1.165, 1.54) is 17.8 Å². The fraction of sp³-hybridized carbons (Fsp3) is 0.333. The van der Waals surface area contributed by atoms with Crippen molar-refractivity contribution in [3.8, 4) is 6.07 Å². The van der Waals surface area contributed by atoms with Crippen LogP contribution in [0.4, 0.5) is 0 Å². The Labute approximate surface area is 177 Å². The predicted octanol–water partition coefficient (Wildman–Crippen LogP) is 3.26. The standard InChI is InChI=1S/C24H26N4O2/c1-24(26-23(29)22-9-8-20(17-25)30-22)11-10-19(28-14-12-27(2)13-15-28)16-21(24)18-6-4-3-5-7-18/h3-10,16H,11-15H2,1-2H3,(H,26,29). The minimum absolute atomic E-state index is 0.130. The third-order valence-electron chi connectivity index (χ3n) is 5.89. The molecule has 1 fully saturated rings. The Bertz CT molecular complexity index is 1020. The smallest absolute Gasteiger partial charge is 0.287 e. The fourth-order valence-corrected chi connectivity index (χ4v) is 4.04. The lowest BCUT2D eigenvalue weighted by Gasteiger charge is -2.40. The first-order valence-electron chi connectivity index (χ1n) is 10.2. The second-order valence-corrected chi connectivity index (χ2v) is 8.11. The number of hydrogen-bond acceptors (Lipinski definition) is 5. The summed E-state index contributed by atoms with van der Waals surface area (Å²) in [6.07, 6.45) is 5.08. The average Bonchev–Trinajstić information content (AvgIpc) is 3.25. The highest BCUT2D eigenvalue weighted by atomic mass is 16.3. The van der Waals surface area contributed by atoms with Crippen LogP contribution in [0.3, 0.4) is 0 Å². The molecule has 1 aliphatic heterocycles. The van der Waals surface area contributed by atoms with E-state index < -0.39 is 5.54 Å². The van der Waals surface area contributed by atoms with Crippen molar-refractivity contribution >= 4 is 11.5 Å². The number of benzene rings is 1. The fourth-order valence-electron chi connectivity index (χ4n) is 4.04. The van der Waals surface area contributed by atoms with Gasteiger partial charge in [0, 0.05) is 31.9 Å². The first-order chi connectivity index (χ1) is 14.5. The normalized spacial score (nSPS) is 22.1. The minimum Gasteiger partial charge on any atom is -0.440 e. The molecule has 4 rings (SSSR count). The molecule has 0 saturated carbocycles. The van der Waals surface area contributed by atoms with Gasteiger partial charge in [0.2, 0.25) is 5.76 Å². The second kappa shape index (κ2) is 8.21. The number of nitriles is 1. The van der Waals surface area contributed by atoms with Gasteiger partial charge in [0.25, 0.3) is 5.91 Å². The highest BCUT2D eigenvalue weighted by molar-refractivity contribution is 5.94. The van der Waals surface area contributed by atoms with Crippen LogP contribution in [0.5, 0.6) is 0 Å². The highest BCUT2D eigenvalue weighted by Gasteiger charge is 2.35. The van der Waals surface area contributed by atoms with Gasteiger partial charge in [-0.1, -0.05) is 36.4 Å². The average molecular weight is 402 g/mol. The summed E-state index contributed by atoms with van der Waals surface area (Å²) in [7, 11) is 2.15. The molecule has 1 saturated heterocycles. The molecule has 2 aliphatic rings. The number of nitrogens with zero attached hydrogens (tertiary/aromatic N) is 3. The summed E-state index contributed by atoms with van der Waals surface area (Å²) < 4.78 is 5.33. The van der Waals surface area contributed by atoms with Gasteiger partial charge in [-0.15, -0.1) is 0 Å². The Morgan fingerprint density at radius 1 is 1.13 bits per heavy atom. The summed E-state index contributed by atoms with van der Waals surface area (Å²) in [4.78, 5) is 17.6. The molecule has 1 aliphatic carbocycles. The molecule has 1 atom stereocenters. The van der Waals surface area contributed by atoms with Crippen LogP contribution in [0.2, 0.25) is 0 Å². The zero-order chi connectivity index (χ0) is 21.1. The number of nitrogens with one attached hydrogen (secondary N) is 1.